The second-order valence-electron chi connectivity index (χ2n) is 7.48. The molecule has 0 saturated carbocycles. The number of anilines is 1. The lowest BCUT2D eigenvalue weighted by Gasteiger charge is -2.13. The maximum atomic E-state index is 12.8. The standard InChI is InChI=1S/C25H16Cl2N2O5S/c26-19-9-4-15(11-20(19)27)13-29-23(31)21(35-25(29)34)12-14-2-1-3-17(10-14)22(30)28-18-7-5-16(6-8-18)24(32)33/h1-12H,13H2,(H,28,30)(H,32,33)/b21-12+. The minimum Gasteiger partial charge on any atom is -0.478 e. The monoisotopic (exact) mass is 526 g/mol. The SMILES string of the molecule is O=C(O)c1ccc(NC(=O)c2cccc(/C=C3/SC(=O)N(Cc4ccc(Cl)c(Cl)c4)C3=O)c2)cc1. The fourth-order valence-corrected chi connectivity index (χ4v) is 4.44. The van der Waals surface area contributed by atoms with Crippen LogP contribution in [0.4, 0.5) is 10.5 Å². The summed E-state index contributed by atoms with van der Waals surface area (Å²) < 4.78 is 0. The Hall–Kier alpha value is -3.59. The first kappa shape index (κ1) is 24.5. The second-order valence-corrected chi connectivity index (χ2v) is 9.29. The minimum absolute atomic E-state index is 0.0575. The number of carboxylic acids is 1. The van der Waals surface area contributed by atoms with E-state index in [1.807, 2.05) is 0 Å². The number of benzene rings is 3. The number of halogens is 2. The Labute approximate surface area is 214 Å². The Morgan fingerprint density at radius 2 is 1.69 bits per heavy atom. The van der Waals surface area contributed by atoms with E-state index in [2.05, 4.69) is 5.32 Å². The number of rotatable bonds is 6. The summed E-state index contributed by atoms with van der Waals surface area (Å²) in [5.41, 5.74) is 2.11. The summed E-state index contributed by atoms with van der Waals surface area (Å²) in [6.45, 7) is 0.0575. The van der Waals surface area contributed by atoms with Gasteiger partial charge in [-0.05, 0) is 77.5 Å². The summed E-state index contributed by atoms with van der Waals surface area (Å²) in [5, 5.41) is 12.0. The third kappa shape index (κ3) is 5.74. The van der Waals surface area contributed by atoms with Crippen LogP contribution in [0, 0.1) is 0 Å². The molecular formula is C25H16Cl2N2O5S. The minimum atomic E-state index is -1.06. The molecule has 0 bridgehead atoms. The second kappa shape index (κ2) is 10.4. The van der Waals surface area contributed by atoms with Crippen LogP contribution in [0.1, 0.15) is 31.8 Å². The van der Waals surface area contributed by atoms with Gasteiger partial charge in [-0.15, -0.1) is 0 Å². The van der Waals surface area contributed by atoms with Crippen LogP contribution in [0.5, 0.6) is 0 Å². The number of thioether (sulfide) groups is 1. The maximum absolute atomic E-state index is 12.8. The van der Waals surface area contributed by atoms with Gasteiger partial charge in [-0.1, -0.05) is 41.4 Å². The van der Waals surface area contributed by atoms with E-state index in [4.69, 9.17) is 28.3 Å². The van der Waals surface area contributed by atoms with E-state index < -0.39 is 23.0 Å². The zero-order valence-electron chi connectivity index (χ0n) is 17.8. The highest BCUT2D eigenvalue weighted by Gasteiger charge is 2.35. The van der Waals surface area contributed by atoms with Crippen molar-refractivity contribution in [1.82, 2.24) is 4.90 Å². The van der Waals surface area contributed by atoms with E-state index in [0.717, 1.165) is 16.7 Å². The molecule has 0 aliphatic carbocycles. The summed E-state index contributed by atoms with van der Waals surface area (Å²) in [6, 6.07) is 17.2. The van der Waals surface area contributed by atoms with Gasteiger partial charge in [0.15, 0.2) is 0 Å². The van der Waals surface area contributed by atoms with E-state index in [9.17, 15) is 19.2 Å². The van der Waals surface area contributed by atoms with E-state index in [-0.39, 0.29) is 17.0 Å². The molecule has 176 valence electrons. The van der Waals surface area contributed by atoms with Crippen molar-refractivity contribution >= 4 is 69.8 Å². The number of imide groups is 1. The van der Waals surface area contributed by atoms with Gasteiger partial charge in [0.2, 0.25) is 0 Å². The molecule has 35 heavy (non-hydrogen) atoms. The van der Waals surface area contributed by atoms with Crippen molar-refractivity contribution in [3.05, 3.63) is 104 Å². The zero-order chi connectivity index (χ0) is 25.1. The van der Waals surface area contributed by atoms with Gasteiger partial charge in [-0.25, -0.2) is 4.79 Å². The first-order valence-corrected chi connectivity index (χ1v) is 11.7. The van der Waals surface area contributed by atoms with Crippen LogP contribution >= 0.6 is 35.0 Å². The van der Waals surface area contributed by atoms with Crippen LogP contribution in [-0.2, 0) is 11.3 Å². The van der Waals surface area contributed by atoms with Gasteiger partial charge >= 0.3 is 5.97 Å². The Kier molecular flexibility index (Phi) is 7.25. The van der Waals surface area contributed by atoms with Gasteiger partial charge in [-0.2, -0.15) is 0 Å². The molecule has 3 aromatic rings. The number of hydrogen-bond acceptors (Lipinski definition) is 5. The summed E-state index contributed by atoms with van der Waals surface area (Å²) in [4.78, 5) is 50.3. The largest absolute Gasteiger partial charge is 0.478 e. The molecular weight excluding hydrogens is 511 g/mol. The summed E-state index contributed by atoms with van der Waals surface area (Å²) in [5.74, 6) is -1.91. The molecule has 4 rings (SSSR count). The Balaban J connectivity index is 1.48. The van der Waals surface area contributed by atoms with E-state index >= 15 is 0 Å². The number of nitrogens with zero attached hydrogens (tertiary/aromatic N) is 1. The highest BCUT2D eigenvalue weighted by molar-refractivity contribution is 8.18. The lowest BCUT2D eigenvalue weighted by Crippen LogP contribution is -2.27. The van der Waals surface area contributed by atoms with Crippen molar-refractivity contribution in [3.63, 3.8) is 0 Å². The molecule has 1 fully saturated rings. The summed E-state index contributed by atoms with van der Waals surface area (Å²) >= 11 is 12.8. The molecule has 0 unspecified atom stereocenters. The maximum Gasteiger partial charge on any atom is 0.335 e. The molecule has 1 saturated heterocycles. The van der Waals surface area contributed by atoms with E-state index in [1.165, 1.54) is 24.3 Å². The lowest BCUT2D eigenvalue weighted by atomic mass is 10.1. The highest BCUT2D eigenvalue weighted by atomic mass is 35.5. The smallest absolute Gasteiger partial charge is 0.335 e. The fraction of sp³-hybridized carbons (Fsp3) is 0.0400. The first-order chi connectivity index (χ1) is 16.7. The van der Waals surface area contributed by atoms with Gasteiger partial charge in [-0.3, -0.25) is 19.3 Å². The van der Waals surface area contributed by atoms with Gasteiger partial charge < -0.3 is 10.4 Å². The lowest BCUT2D eigenvalue weighted by molar-refractivity contribution is -0.123. The van der Waals surface area contributed by atoms with Crippen LogP contribution in [-0.4, -0.2) is 33.0 Å². The Bertz CT molecular complexity index is 1390. The number of nitrogens with one attached hydrogen (secondary N) is 1. The molecule has 10 heteroatoms. The number of carbonyl (C=O) groups is 4. The third-order valence-corrected chi connectivity index (χ3v) is 6.68. The number of amides is 3. The van der Waals surface area contributed by atoms with E-state index in [0.29, 0.717) is 32.4 Å². The van der Waals surface area contributed by atoms with Crippen molar-refractivity contribution in [2.45, 2.75) is 6.54 Å². The molecule has 1 aliphatic heterocycles. The van der Waals surface area contributed by atoms with Crippen LogP contribution in [0.2, 0.25) is 10.0 Å². The first-order valence-electron chi connectivity index (χ1n) is 10.2. The summed E-state index contributed by atoms with van der Waals surface area (Å²) in [6.07, 6.45) is 1.55. The van der Waals surface area contributed by atoms with Crippen LogP contribution < -0.4 is 5.32 Å². The van der Waals surface area contributed by atoms with Gasteiger partial charge in [0.1, 0.15) is 0 Å². The molecule has 2 N–H and O–H groups in total. The molecule has 0 atom stereocenters. The summed E-state index contributed by atoms with van der Waals surface area (Å²) in [7, 11) is 0. The molecule has 1 heterocycles. The normalized spacial score (nSPS) is 14.5. The predicted molar refractivity (Wildman–Crippen MR) is 136 cm³/mol. The molecule has 0 radical (unpaired) electrons. The number of carboxylic acid groups (broad SMARTS) is 1. The molecule has 3 amide bonds. The van der Waals surface area contributed by atoms with Gasteiger partial charge in [0.25, 0.3) is 17.1 Å². The average Bonchev–Trinajstić information content (AvgIpc) is 3.09. The van der Waals surface area contributed by atoms with Crippen molar-refractivity contribution in [1.29, 1.82) is 0 Å². The number of aromatic carboxylic acids is 1. The topological polar surface area (TPSA) is 104 Å². The quantitative estimate of drug-likeness (QED) is 0.371. The molecule has 0 spiro atoms. The van der Waals surface area contributed by atoms with Crippen molar-refractivity contribution < 1.29 is 24.3 Å². The van der Waals surface area contributed by atoms with Crippen LogP contribution in [0.3, 0.4) is 0 Å². The highest BCUT2D eigenvalue weighted by Crippen LogP contribution is 2.34. The van der Waals surface area contributed by atoms with Crippen LogP contribution in [0.25, 0.3) is 6.08 Å². The molecule has 0 aromatic heterocycles. The average molecular weight is 527 g/mol. The van der Waals surface area contributed by atoms with E-state index in [1.54, 1.807) is 48.5 Å². The molecule has 1 aliphatic rings. The molecule has 3 aromatic carbocycles. The van der Waals surface area contributed by atoms with Crippen molar-refractivity contribution in [2.75, 3.05) is 5.32 Å². The van der Waals surface area contributed by atoms with Crippen molar-refractivity contribution in [2.24, 2.45) is 0 Å². The predicted octanol–water partition coefficient (Wildman–Crippen LogP) is 6.18. The third-order valence-electron chi connectivity index (χ3n) is 5.03. The number of hydrogen-bond donors (Lipinski definition) is 2. The van der Waals surface area contributed by atoms with Gasteiger partial charge in [0, 0.05) is 11.3 Å². The van der Waals surface area contributed by atoms with Gasteiger partial charge in [0.05, 0.1) is 27.1 Å². The molecule has 7 nitrogen and oxygen atoms in total. The zero-order valence-corrected chi connectivity index (χ0v) is 20.2. The van der Waals surface area contributed by atoms with Crippen LogP contribution in [0.15, 0.2) is 71.6 Å². The Morgan fingerprint density at radius 3 is 2.37 bits per heavy atom. The number of carbonyl (C=O) groups excluding carboxylic acids is 3. The fourth-order valence-electron chi connectivity index (χ4n) is 3.28. The van der Waals surface area contributed by atoms with Crippen molar-refractivity contribution in [3.8, 4) is 0 Å². The Morgan fingerprint density at radius 1 is 0.943 bits per heavy atom.